The average molecular weight is 327 g/mol. The summed E-state index contributed by atoms with van der Waals surface area (Å²) in [6.07, 6.45) is 8.10. The van der Waals surface area contributed by atoms with Crippen LogP contribution in [0.2, 0.25) is 0 Å². The first kappa shape index (κ1) is 21.4. The Morgan fingerprint density at radius 2 is 1.86 bits per heavy atom. The SMILES string of the molecule is C=C(CCNC(=CCC)[C@H](CCC)C(C)(C)CC)NCCS. The van der Waals surface area contributed by atoms with Gasteiger partial charge in [-0.2, -0.15) is 12.6 Å². The van der Waals surface area contributed by atoms with Gasteiger partial charge in [0.2, 0.25) is 0 Å². The van der Waals surface area contributed by atoms with E-state index in [1.165, 1.54) is 25.0 Å². The third-order valence-electron chi connectivity index (χ3n) is 4.47. The number of allylic oxidation sites excluding steroid dienone is 2. The molecule has 0 amide bonds. The molecular formula is C19H38N2S. The maximum Gasteiger partial charge on any atom is 0.0232 e. The molecule has 22 heavy (non-hydrogen) atoms. The van der Waals surface area contributed by atoms with Gasteiger partial charge in [-0.3, -0.25) is 0 Å². The molecule has 0 bridgehead atoms. The topological polar surface area (TPSA) is 24.1 Å². The summed E-state index contributed by atoms with van der Waals surface area (Å²) >= 11 is 4.21. The third-order valence-corrected chi connectivity index (χ3v) is 4.70. The molecule has 2 N–H and O–H groups in total. The highest BCUT2D eigenvalue weighted by atomic mass is 32.1. The van der Waals surface area contributed by atoms with Crippen LogP contribution < -0.4 is 10.6 Å². The summed E-state index contributed by atoms with van der Waals surface area (Å²) in [5.74, 6) is 1.46. The Hall–Kier alpha value is -0.570. The lowest BCUT2D eigenvalue weighted by atomic mass is 9.72. The molecule has 0 aromatic heterocycles. The van der Waals surface area contributed by atoms with Crippen molar-refractivity contribution in [3.8, 4) is 0 Å². The summed E-state index contributed by atoms with van der Waals surface area (Å²) < 4.78 is 0. The molecule has 0 unspecified atom stereocenters. The van der Waals surface area contributed by atoms with Gasteiger partial charge in [-0.25, -0.2) is 0 Å². The largest absolute Gasteiger partial charge is 0.388 e. The lowest BCUT2D eigenvalue weighted by Crippen LogP contribution is -2.32. The van der Waals surface area contributed by atoms with E-state index in [9.17, 15) is 0 Å². The summed E-state index contributed by atoms with van der Waals surface area (Å²) in [4.78, 5) is 0. The molecule has 1 atom stereocenters. The second-order valence-corrected chi connectivity index (χ2v) is 7.13. The number of rotatable bonds is 13. The zero-order valence-electron chi connectivity index (χ0n) is 15.5. The van der Waals surface area contributed by atoms with E-state index in [0.717, 1.165) is 37.4 Å². The van der Waals surface area contributed by atoms with Crippen molar-refractivity contribution in [2.75, 3.05) is 18.8 Å². The molecule has 2 nitrogen and oxygen atoms in total. The van der Waals surface area contributed by atoms with Crippen molar-refractivity contribution < 1.29 is 0 Å². The van der Waals surface area contributed by atoms with Crippen LogP contribution in [0, 0.1) is 11.3 Å². The van der Waals surface area contributed by atoms with Gasteiger partial charge in [0.1, 0.15) is 0 Å². The van der Waals surface area contributed by atoms with Crippen LogP contribution in [-0.2, 0) is 0 Å². The van der Waals surface area contributed by atoms with Gasteiger partial charge in [0.15, 0.2) is 0 Å². The first-order chi connectivity index (χ1) is 10.4. The molecule has 0 heterocycles. The minimum Gasteiger partial charge on any atom is -0.388 e. The molecule has 0 aliphatic heterocycles. The van der Waals surface area contributed by atoms with E-state index in [2.05, 4.69) is 70.5 Å². The molecule has 0 aliphatic carbocycles. The van der Waals surface area contributed by atoms with E-state index in [0.29, 0.717) is 11.3 Å². The molecule has 3 heteroatoms. The quantitative estimate of drug-likeness (QED) is 0.408. The number of hydrogen-bond donors (Lipinski definition) is 3. The van der Waals surface area contributed by atoms with Crippen LogP contribution in [0.4, 0.5) is 0 Å². The Morgan fingerprint density at radius 1 is 1.18 bits per heavy atom. The molecule has 0 saturated heterocycles. The Balaban J connectivity index is 4.69. The average Bonchev–Trinajstić information content (AvgIpc) is 2.49. The number of thiol groups is 1. The van der Waals surface area contributed by atoms with Gasteiger partial charge in [-0.05, 0) is 18.3 Å². The summed E-state index contributed by atoms with van der Waals surface area (Å²) in [5, 5.41) is 7.00. The molecule has 0 rings (SSSR count). The normalized spacial score (nSPS) is 13.8. The third kappa shape index (κ3) is 8.17. The summed E-state index contributed by atoms with van der Waals surface area (Å²) in [6.45, 7) is 17.5. The van der Waals surface area contributed by atoms with Crippen LogP contribution in [0.25, 0.3) is 0 Å². The Labute approximate surface area is 144 Å². The zero-order chi connectivity index (χ0) is 17.0. The van der Waals surface area contributed by atoms with Crippen molar-refractivity contribution in [2.24, 2.45) is 11.3 Å². The van der Waals surface area contributed by atoms with Crippen LogP contribution in [0.5, 0.6) is 0 Å². The van der Waals surface area contributed by atoms with Crippen molar-refractivity contribution >= 4 is 12.6 Å². The van der Waals surface area contributed by atoms with Gasteiger partial charge >= 0.3 is 0 Å². The van der Waals surface area contributed by atoms with Crippen LogP contribution in [0.15, 0.2) is 24.0 Å². The van der Waals surface area contributed by atoms with E-state index in [1.54, 1.807) is 0 Å². The highest BCUT2D eigenvalue weighted by Gasteiger charge is 2.29. The summed E-state index contributed by atoms with van der Waals surface area (Å²) in [5.41, 5.74) is 2.86. The van der Waals surface area contributed by atoms with Gasteiger partial charge in [0.05, 0.1) is 0 Å². The smallest absolute Gasteiger partial charge is 0.0232 e. The molecule has 0 radical (unpaired) electrons. The maximum absolute atomic E-state index is 4.21. The molecule has 0 fully saturated rings. The van der Waals surface area contributed by atoms with Gasteiger partial charge in [0, 0.05) is 42.6 Å². The van der Waals surface area contributed by atoms with E-state index >= 15 is 0 Å². The number of hydrogen-bond acceptors (Lipinski definition) is 3. The standard InChI is InChI=1S/C19H38N2S/c1-7-10-17(19(5,6)9-3)18(11-8-2)21-13-12-16(4)20-14-15-22/h11,17,20-22H,4,7-10,12-15H2,1-3,5-6H3/t17-/m0/s1. The van der Waals surface area contributed by atoms with Crippen LogP contribution >= 0.6 is 12.6 Å². The summed E-state index contributed by atoms with van der Waals surface area (Å²) in [7, 11) is 0. The van der Waals surface area contributed by atoms with E-state index in [4.69, 9.17) is 0 Å². The second kappa shape index (κ2) is 11.9. The Bertz CT molecular complexity index is 334. The predicted molar refractivity (Wildman–Crippen MR) is 104 cm³/mol. The Kier molecular flexibility index (Phi) is 11.6. The summed E-state index contributed by atoms with van der Waals surface area (Å²) in [6, 6.07) is 0. The Morgan fingerprint density at radius 3 is 2.36 bits per heavy atom. The fourth-order valence-electron chi connectivity index (χ4n) is 2.74. The lowest BCUT2D eigenvalue weighted by molar-refractivity contribution is 0.214. The van der Waals surface area contributed by atoms with Crippen molar-refractivity contribution in [2.45, 2.75) is 66.7 Å². The molecule has 0 saturated carbocycles. The molecule has 130 valence electrons. The highest BCUT2D eigenvalue weighted by molar-refractivity contribution is 7.80. The van der Waals surface area contributed by atoms with E-state index < -0.39 is 0 Å². The van der Waals surface area contributed by atoms with E-state index in [-0.39, 0.29) is 0 Å². The molecule has 0 aromatic rings. The molecular weight excluding hydrogens is 288 g/mol. The molecule has 0 aromatic carbocycles. The first-order valence-corrected chi connectivity index (χ1v) is 9.52. The van der Waals surface area contributed by atoms with Gasteiger partial charge < -0.3 is 10.6 Å². The highest BCUT2D eigenvalue weighted by Crippen LogP contribution is 2.38. The van der Waals surface area contributed by atoms with Crippen molar-refractivity contribution in [1.82, 2.24) is 10.6 Å². The molecule has 0 spiro atoms. The first-order valence-electron chi connectivity index (χ1n) is 8.89. The van der Waals surface area contributed by atoms with E-state index in [1.807, 2.05) is 0 Å². The van der Waals surface area contributed by atoms with Crippen molar-refractivity contribution in [1.29, 1.82) is 0 Å². The number of nitrogens with one attached hydrogen (secondary N) is 2. The second-order valence-electron chi connectivity index (χ2n) is 6.68. The minimum absolute atomic E-state index is 0.339. The predicted octanol–water partition coefficient (Wildman–Crippen LogP) is 5.15. The maximum atomic E-state index is 4.21. The van der Waals surface area contributed by atoms with Crippen LogP contribution in [0.3, 0.4) is 0 Å². The van der Waals surface area contributed by atoms with Crippen molar-refractivity contribution in [3.63, 3.8) is 0 Å². The minimum atomic E-state index is 0.339. The molecule has 0 aliphatic rings. The lowest BCUT2D eigenvalue weighted by Gasteiger charge is -2.36. The van der Waals surface area contributed by atoms with Crippen LogP contribution in [0.1, 0.15) is 66.7 Å². The monoisotopic (exact) mass is 326 g/mol. The fraction of sp³-hybridized carbons (Fsp3) is 0.789. The zero-order valence-corrected chi connectivity index (χ0v) is 16.4. The van der Waals surface area contributed by atoms with Gasteiger partial charge in [0.25, 0.3) is 0 Å². The van der Waals surface area contributed by atoms with Crippen LogP contribution in [-0.4, -0.2) is 18.8 Å². The van der Waals surface area contributed by atoms with Crippen molar-refractivity contribution in [3.05, 3.63) is 24.0 Å². The van der Waals surface area contributed by atoms with Gasteiger partial charge in [-0.1, -0.05) is 60.1 Å². The fourth-order valence-corrected chi connectivity index (χ4v) is 2.85. The van der Waals surface area contributed by atoms with Gasteiger partial charge in [-0.15, -0.1) is 0 Å².